The second-order valence-corrected chi connectivity index (χ2v) is 18.1. The van der Waals surface area contributed by atoms with Crippen molar-refractivity contribution < 1.29 is 50.8 Å². The van der Waals surface area contributed by atoms with Crippen molar-refractivity contribution in [1.29, 1.82) is 0 Å². The van der Waals surface area contributed by atoms with Crippen LogP contribution in [0.3, 0.4) is 0 Å². The summed E-state index contributed by atoms with van der Waals surface area (Å²) in [5.41, 5.74) is -0.473. The molecule has 2 amide bonds. The summed E-state index contributed by atoms with van der Waals surface area (Å²) >= 11 is 0. The number of H-pyrrole nitrogens is 1. The van der Waals surface area contributed by atoms with Gasteiger partial charge in [0, 0.05) is 37.7 Å². The molecule has 0 aliphatic carbocycles. The van der Waals surface area contributed by atoms with Crippen molar-refractivity contribution in [3.63, 3.8) is 0 Å². The Morgan fingerprint density at radius 2 is 1.53 bits per heavy atom. The smallest absolute Gasteiger partial charge is 0.471 e. The average molecular weight is 993 g/mol. The first-order chi connectivity index (χ1) is 33.5. The second-order valence-electron chi connectivity index (χ2n) is 16.7. The molecule has 0 radical (unpaired) electrons. The summed E-state index contributed by atoms with van der Waals surface area (Å²) in [5, 5.41) is 4.41. The van der Waals surface area contributed by atoms with Crippen molar-refractivity contribution in [2.75, 3.05) is 47.1 Å². The molecule has 1 aromatic heterocycles. The summed E-state index contributed by atoms with van der Waals surface area (Å²) in [6.45, 7) is 15.3. The lowest BCUT2D eigenvalue weighted by Gasteiger charge is -2.39. The molecule has 4 atom stereocenters. The molecule has 20 heteroatoms. The van der Waals surface area contributed by atoms with Gasteiger partial charge in [0.15, 0.2) is 0 Å². The van der Waals surface area contributed by atoms with E-state index in [-0.39, 0.29) is 75.7 Å². The summed E-state index contributed by atoms with van der Waals surface area (Å²) in [6.07, 6.45) is -5.06. The van der Waals surface area contributed by atoms with Gasteiger partial charge in [-0.05, 0) is 81.5 Å². The number of benzene rings is 3. The number of hydrogen-bond acceptors (Lipinski definition) is 11. The Bertz CT molecular complexity index is 2490. The third-order valence-corrected chi connectivity index (χ3v) is 13.3. The molecule has 2 heterocycles. The monoisotopic (exact) mass is 992 g/mol. The van der Waals surface area contributed by atoms with Crippen molar-refractivity contribution in [2.24, 2.45) is 0 Å². The molecule has 70 heavy (non-hydrogen) atoms. The highest BCUT2D eigenvalue weighted by Gasteiger charge is 2.45. The van der Waals surface area contributed by atoms with E-state index in [2.05, 4.69) is 31.7 Å². The zero-order chi connectivity index (χ0) is 50.8. The number of rotatable bonds is 24. The number of aromatic amines is 1. The van der Waals surface area contributed by atoms with Crippen LogP contribution in [0.4, 0.5) is 13.2 Å². The Kier molecular flexibility index (Phi) is 20.6. The van der Waals surface area contributed by atoms with Gasteiger partial charge in [0.1, 0.15) is 41.6 Å². The number of nitrogens with one attached hydrogen (secondary N) is 3. The first-order valence-electron chi connectivity index (χ1n) is 22.8. The van der Waals surface area contributed by atoms with Crippen LogP contribution >= 0.6 is 8.53 Å². The van der Waals surface area contributed by atoms with E-state index in [1.165, 1.54) is 10.8 Å². The average Bonchev–Trinajstić information content (AvgIpc) is 3.74. The lowest BCUT2D eigenvalue weighted by molar-refractivity contribution is -0.173. The van der Waals surface area contributed by atoms with Gasteiger partial charge in [-0.25, -0.2) is 16.0 Å². The van der Waals surface area contributed by atoms with Gasteiger partial charge < -0.3 is 43.5 Å². The van der Waals surface area contributed by atoms with Gasteiger partial charge in [0.05, 0.1) is 33.5 Å². The summed E-state index contributed by atoms with van der Waals surface area (Å²) in [5.74, 6) is 4.38. The standard InChI is InChI=1S/C50H60F3N6O10P/c1-34(2)59(35(3)4)70(67-30-29-54-5)69-42-31-45(58-32-36(46(61)57-48(58)63)15-14-28-55-44(60)18-12-9-13-27-56-47(62)50(51,52)53)68-43(42)33-66-49(37-16-10-8-11-17-37,38-19-23-40(64-6)24-20-38)39-21-25-41(65-7)26-22-39/h8,10-11,16-17,19-26,32,34-35,42-43,45H,9,12-13,18,27-31,33H2,1-4,6-7H3,(H,55,60)(H,56,62)(H,57,61,63)/t42-,43-,45-,70?/m1/s1. The molecule has 0 bridgehead atoms. The quantitative estimate of drug-likeness (QED) is 0.0213. The Hall–Kier alpha value is -6.05. The molecule has 1 fully saturated rings. The van der Waals surface area contributed by atoms with Crippen molar-refractivity contribution in [2.45, 2.75) is 102 Å². The van der Waals surface area contributed by atoms with E-state index in [1.54, 1.807) is 19.5 Å². The lowest BCUT2D eigenvalue weighted by atomic mass is 9.80. The number of carbonyl (C=O) groups excluding carboxylic acids is 2. The predicted molar refractivity (Wildman–Crippen MR) is 257 cm³/mol. The topological polar surface area (TPSA) is 176 Å². The van der Waals surface area contributed by atoms with Gasteiger partial charge >= 0.3 is 17.8 Å². The Balaban J connectivity index is 1.45. The minimum atomic E-state index is -4.95. The second kappa shape index (κ2) is 26.2. The fraction of sp³-hybridized carbons (Fsp3) is 0.460. The normalized spacial score (nSPS) is 16.4. The maximum atomic E-state index is 13.6. The van der Waals surface area contributed by atoms with E-state index in [1.807, 2.05) is 107 Å². The van der Waals surface area contributed by atoms with Crippen molar-refractivity contribution in [3.8, 4) is 23.3 Å². The van der Waals surface area contributed by atoms with E-state index >= 15 is 0 Å². The van der Waals surface area contributed by atoms with E-state index in [9.17, 15) is 32.3 Å². The van der Waals surface area contributed by atoms with Gasteiger partial charge in [-0.2, -0.15) is 13.2 Å². The number of ether oxygens (including phenoxy) is 4. The Morgan fingerprint density at radius 1 is 0.914 bits per heavy atom. The maximum Gasteiger partial charge on any atom is 0.471 e. The number of nitrogens with zero attached hydrogens (tertiary/aromatic N) is 3. The van der Waals surface area contributed by atoms with Crippen LogP contribution in [0.25, 0.3) is 4.85 Å². The summed E-state index contributed by atoms with van der Waals surface area (Å²) in [7, 11) is 1.38. The van der Waals surface area contributed by atoms with Gasteiger partial charge in [-0.3, -0.25) is 23.9 Å². The van der Waals surface area contributed by atoms with Crippen LogP contribution in [0.2, 0.25) is 0 Å². The zero-order valence-corrected chi connectivity index (χ0v) is 40.9. The van der Waals surface area contributed by atoms with Crippen LogP contribution in [-0.4, -0.2) is 104 Å². The van der Waals surface area contributed by atoms with Crippen LogP contribution in [0.1, 0.15) is 88.3 Å². The molecule has 5 rings (SSSR count). The number of aromatic nitrogens is 2. The third kappa shape index (κ3) is 14.7. The highest BCUT2D eigenvalue weighted by atomic mass is 31.2. The summed E-state index contributed by atoms with van der Waals surface area (Å²) < 4.78 is 78.8. The van der Waals surface area contributed by atoms with Gasteiger partial charge in [-0.15, -0.1) is 0 Å². The van der Waals surface area contributed by atoms with E-state index in [4.69, 9.17) is 34.6 Å². The minimum absolute atomic E-state index is 0.0225. The molecule has 376 valence electrons. The molecule has 0 spiro atoms. The number of amides is 2. The predicted octanol–water partition coefficient (Wildman–Crippen LogP) is 7.22. The number of methoxy groups -OCH3 is 2. The molecule has 1 unspecified atom stereocenters. The first kappa shape index (κ1) is 54.9. The van der Waals surface area contributed by atoms with E-state index in [0.717, 1.165) is 16.7 Å². The number of unbranched alkanes of at least 4 members (excludes halogenated alkanes) is 2. The molecular formula is C50H60F3N6O10P. The molecule has 1 aliphatic rings. The van der Waals surface area contributed by atoms with Gasteiger partial charge in [0.2, 0.25) is 12.5 Å². The van der Waals surface area contributed by atoms with E-state index < -0.39 is 55.9 Å². The fourth-order valence-corrected chi connectivity index (χ4v) is 9.62. The molecule has 3 N–H and O–H groups in total. The highest BCUT2D eigenvalue weighted by molar-refractivity contribution is 7.44. The number of hydrogen-bond donors (Lipinski definition) is 3. The highest BCUT2D eigenvalue weighted by Crippen LogP contribution is 2.50. The third-order valence-electron chi connectivity index (χ3n) is 11.2. The van der Waals surface area contributed by atoms with Crippen LogP contribution in [-0.2, 0) is 33.7 Å². The molecule has 4 aromatic rings. The molecule has 0 saturated carbocycles. The summed E-state index contributed by atoms with van der Waals surface area (Å²) in [4.78, 5) is 55.9. The van der Waals surface area contributed by atoms with Crippen molar-refractivity contribution in [3.05, 3.63) is 140 Å². The molecule has 1 saturated heterocycles. The number of alkyl halides is 3. The fourth-order valence-electron chi connectivity index (χ4n) is 7.87. The molecule has 1 aliphatic heterocycles. The van der Waals surface area contributed by atoms with Crippen LogP contribution in [0.15, 0.2) is 94.6 Å². The largest absolute Gasteiger partial charge is 0.497 e. The van der Waals surface area contributed by atoms with Crippen molar-refractivity contribution in [1.82, 2.24) is 24.9 Å². The molecular weight excluding hydrogens is 933 g/mol. The van der Waals surface area contributed by atoms with Crippen LogP contribution in [0, 0.1) is 18.4 Å². The number of carbonyl (C=O) groups is 2. The Morgan fingerprint density at radius 3 is 2.10 bits per heavy atom. The lowest BCUT2D eigenvalue weighted by Crippen LogP contribution is -2.39. The molecule has 16 nitrogen and oxygen atoms in total. The van der Waals surface area contributed by atoms with Crippen LogP contribution < -0.4 is 31.4 Å². The number of halogens is 3. The first-order valence-corrected chi connectivity index (χ1v) is 24.0. The maximum absolute atomic E-state index is 13.6. The van der Waals surface area contributed by atoms with Crippen LogP contribution in [0.5, 0.6) is 11.5 Å². The van der Waals surface area contributed by atoms with Gasteiger partial charge in [-0.1, -0.05) is 72.9 Å². The SMILES string of the molecule is [C-]#[N+]CCOP(O[C@@H]1C[C@H](n2cc(C#CCNC(=O)CCCCCNC(=O)C(F)(F)F)c(=O)[nH]c2=O)O[C@@H]1COC(c1ccccc1)(c1ccc(OC)cc1)c1ccc(OC)cc1)N(C(C)C)C(C)C. The zero-order valence-electron chi connectivity index (χ0n) is 40.0. The van der Waals surface area contributed by atoms with Crippen molar-refractivity contribution >= 4 is 20.3 Å². The minimum Gasteiger partial charge on any atom is -0.497 e. The van der Waals surface area contributed by atoms with E-state index in [0.29, 0.717) is 24.3 Å². The Labute approximate surface area is 406 Å². The van der Waals surface area contributed by atoms with Gasteiger partial charge in [0.25, 0.3) is 14.1 Å². The molecule has 3 aromatic carbocycles. The summed E-state index contributed by atoms with van der Waals surface area (Å²) in [6, 6.07) is 24.8.